The summed E-state index contributed by atoms with van der Waals surface area (Å²) in [6, 6.07) is 18.0. The Morgan fingerprint density at radius 2 is 1.73 bits per heavy atom. The lowest BCUT2D eigenvalue weighted by molar-refractivity contribution is 0.114. The molecule has 0 bridgehead atoms. The number of piperazine rings is 1. The van der Waals surface area contributed by atoms with Gasteiger partial charge in [-0.25, -0.2) is 22.7 Å². The van der Waals surface area contributed by atoms with Gasteiger partial charge >= 0.3 is 0 Å². The molecule has 1 atom stereocenters. The highest BCUT2D eigenvalue weighted by atomic mass is 32.2. The Kier molecular flexibility index (Phi) is 8.45. The van der Waals surface area contributed by atoms with Crippen molar-refractivity contribution in [3.8, 4) is 17.0 Å². The predicted octanol–water partition coefficient (Wildman–Crippen LogP) is 3.59. The molecular formula is C29H34N8O3S. The fourth-order valence-corrected chi connectivity index (χ4v) is 5.79. The molecule has 1 aliphatic heterocycles. The average molecular weight is 575 g/mol. The second-order valence-corrected chi connectivity index (χ2v) is 11.8. The third-order valence-corrected chi connectivity index (χ3v) is 8.09. The van der Waals surface area contributed by atoms with Crippen molar-refractivity contribution in [2.24, 2.45) is 5.73 Å². The third-order valence-electron chi connectivity index (χ3n) is 7.01. The molecule has 1 aliphatic rings. The molecule has 3 heterocycles. The van der Waals surface area contributed by atoms with Crippen LogP contribution in [0.2, 0.25) is 0 Å². The summed E-state index contributed by atoms with van der Waals surface area (Å²) in [5.41, 5.74) is 10.4. The third kappa shape index (κ3) is 6.63. The summed E-state index contributed by atoms with van der Waals surface area (Å²) in [6.07, 6.45) is 5.98. The van der Waals surface area contributed by atoms with Crippen LogP contribution in [0.15, 0.2) is 79.3 Å². The summed E-state index contributed by atoms with van der Waals surface area (Å²) in [7, 11) is -0.0566. The molecule has 0 amide bonds. The van der Waals surface area contributed by atoms with Crippen LogP contribution in [-0.2, 0) is 10.0 Å². The molecule has 11 nitrogen and oxygen atoms in total. The van der Waals surface area contributed by atoms with Crippen LogP contribution < -0.4 is 20.1 Å². The van der Waals surface area contributed by atoms with Crippen LogP contribution in [0.3, 0.4) is 0 Å². The van der Waals surface area contributed by atoms with E-state index in [0.29, 0.717) is 34.5 Å². The quantitative estimate of drug-likeness (QED) is 0.306. The van der Waals surface area contributed by atoms with Gasteiger partial charge in [0.25, 0.3) is 0 Å². The average Bonchev–Trinajstić information content (AvgIpc) is 2.98. The van der Waals surface area contributed by atoms with Gasteiger partial charge in [-0.1, -0.05) is 12.1 Å². The lowest BCUT2D eigenvalue weighted by Gasteiger charge is -2.36. The van der Waals surface area contributed by atoms with Crippen LogP contribution in [-0.4, -0.2) is 79.8 Å². The first-order chi connectivity index (χ1) is 19.7. The number of anilines is 4. The largest absolute Gasteiger partial charge is 0.495 e. The number of nitrogens with zero attached hydrogens (tertiary/aromatic N) is 6. The lowest BCUT2D eigenvalue weighted by atomic mass is 10.1. The highest BCUT2D eigenvalue weighted by Crippen LogP contribution is 2.36. The van der Waals surface area contributed by atoms with Gasteiger partial charge in [0.2, 0.25) is 16.0 Å². The summed E-state index contributed by atoms with van der Waals surface area (Å²) < 4.78 is 33.0. The number of nitrogens with two attached hydrogens (primary N) is 1. The van der Waals surface area contributed by atoms with E-state index >= 15 is 0 Å². The maximum atomic E-state index is 13.1. The van der Waals surface area contributed by atoms with E-state index in [0.717, 1.165) is 37.3 Å². The summed E-state index contributed by atoms with van der Waals surface area (Å²) in [5.74, 6) is 0.834. The zero-order valence-electron chi connectivity index (χ0n) is 23.3. The van der Waals surface area contributed by atoms with Gasteiger partial charge in [-0.2, -0.15) is 0 Å². The first kappa shape index (κ1) is 28.4. The second-order valence-electron chi connectivity index (χ2n) is 9.92. The molecule has 1 fully saturated rings. The number of hydrogen-bond acceptors (Lipinski definition) is 10. The molecule has 0 aliphatic carbocycles. The smallest absolute Gasteiger partial charge is 0.236 e. The van der Waals surface area contributed by atoms with Crippen molar-refractivity contribution < 1.29 is 13.2 Å². The number of hydrogen-bond donors (Lipinski definition) is 2. The number of ether oxygens (including phenoxy) is 1. The fourth-order valence-electron chi connectivity index (χ4n) is 4.78. The Bertz CT molecular complexity index is 1580. The van der Waals surface area contributed by atoms with E-state index in [1.807, 2.05) is 24.3 Å². The molecule has 0 saturated carbocycles. The topological polar surface area (TPSA) is 130 Å². The summed E-state index contributed by atoms with van der Waals surface area (Å²) >= 11 is 0. The highest BCUT2D eigenvalue weighted by Gasteiger charge is 2.24. The number of likely N-dealkylation sites (N-methyl/N-ethyl adjacent to an activating group) is 1. The van der Waals surface area contributed by atoms with Crippen LogP contribution in [0.5, 0.6) is 5.75 Å². The van der Waals surface area contributed by atoms with Gasteiger partial charge in [-0.15, -0.1) is 0 Å². The Morgan fingerprint density at radius 1 is 1.00 bits per heavy atom. The van der Waals surface area contributed by atoms with Gasteiger partial charge < -0.3 is 20.7 Å². The van der Waals surface area contributed by atoms with Gasteiger partial charge in [-0.3, -0.25) is 9.88 Å². The predicted molar refractivity (Wildman–Crippen MR) is 161 cm³/mol. The summed E-state index contributed by atoms with van der Waals surface area (Å²) in [5, 5.41) is 3.18. The number of rotatable bonds is 9. The van der Waals surface area contributed by atoms with Crippen LogP contribution in [0.25, 0.3) is 11.3 Å². The monoisotopic (exact) mass is 574 g/mol. The Balaban J connectivity index is 1.43. The van der Waals surface area contributed by atoms with Crippen molar-refractivity contribution in [3.05, 3.63) is 84.8 Å². The van der Waals surface area contributed by atoms with Gasteiger partial charge in [0.15, 0.2) is 0 Å². The standard InChI is InChI=1S/C29H34N8O3S/c1-35-15-17-36(18-16-35)28(30)21-6-8-23(9-7-21)37(41(3,38)39)24-10-11-27(40-2)26(19-24)34-29-32-14-12-25(33-29)22-5-4-13-31-20-22/h4-14,19-20,28H,15-18,30H2,1-3H3,(H,32,33,34). The number of nitrogens with one attached hydrogen (secondary N) is 1. The van der Waals surface area contributed by atoms with Crippen molar-refractivity contribution in [2.75, 3.05) is 56.2 Å². The maximum absolute atomic E-state index is 13.1. The minimum absolute atomic E-state index is 0.261. The van der Waals surface area contributed by atoms with E-state index in [2.05, 4.69) is 37.1 Å². The van der Waals surface area contributed by atoms with Crippen LogP contribution in [0, 0.1) is 0 Å². The number of aromatic nitrogens is 3. The Labute approximate surface area is 240 Å². The molecule has 41 heavy (non-hydrogen) atoms. The van der Waals surface area contributed by atoms with E-state index in [1.54, 1.807) is 62.1 Å². The molecule has 0 spiro atoms. The van der Waals surface area contributed by atoms with E-state index in [9.17, 15) is 8.42 Å². The molecule has 1 saturated heterocycles. The van der Waals surface area contributed by atoms with E-state index < -0.39 is 10.0 Å². The summed E-state index contributed by atoms with van der Waals surface area (Å²) in [6.45, 7) is 3.68. The SMILES string of the molecule is COc1ccc(N(c2ccc(C(N)N3CCN(C)CC3)cc2)S(C)(=O)=O)cc1Nc1nccc(-c2cccnc2)n1. The van der Waals surface area contributed by atoms with E-state index in [-0.39, 0.29) is 6.17 Å². The van der Waals surface area contributed by atoms with Crippen molar-refractivity contribution in [2.45, 2.75) is 6.17 Å². The molecule has 2 aromatic heterocycles. The number of benzene rings is 2. The zero-order valence-corrected chi connectivity index (χ0v) is 24.1. The van der Waals surface area contributed by atoms with Gasteiger partial charge in [-0.05, 0) is 61.1 Å². The van der Waals surface area contributed by atoms with Crippen LogP contribution >= 0.6 is 0 Å². The van der Waals surface area contributed by atoms with Gasteiger partial charge in [0, 0.05) is 50.3 Å². The van der Waals surface area contributed by atoms with E-state index in [1.165, 1.54) is 10.6 Å². The normalized spacial score (nSPS) is 15.3. The molecule has 5 rings (SSSR count). The number of methoxy groups -OCH3 is 1. The first-order valence-corrected chi connectivity index (χ1v) is 15.0. The van der Waals surface area contributed by atoms with Crippen molar-refractivity contribution in [1.29, 1.82) is 0 Å². The minimum atomic E-state index is -3.70. The van der Waals surface area contributed by atoms with Crippen LogP contribution in [0.4, 0.5) is 23.0 Å². The lowest BCUT2D eigenvalue weighted by Crippen LogP contribution is -2.48. The molecule has 214 valence electrons. The fraction of sp³-hybridized carbons (Fsp3) is 0.276. The molecule has 1 unspecified atom stereocenters. The first-order valence-electron chi connectivity index (χ1n) is 13.2. The van der Waals surface area contributed by atoms with Crippen molar-refractivity contribution in [1.82, 2.24) is 24.8 Å². The molecule has 0 radical (unpaired) electrons. The molecule has 4 aromatic rings. The van der Waals surface area contributed by atoms with Gasteiger partial charge in [0.1, 0.15) is 5.75 Å². The number of pyridine rings is 1. The molecule has 2 aromatic carbocycles. The second kappa shape index (κ2) is 12.2. The molecule has 3 N–H and O–H groups in total. The highest BCUT2D eigenvalue weighted by molar-refractivity contribution is 7.92. The van der Waals surface area contributed by atoms with Gasteiger partial charge in [0.05, 0.1) is 42.3 Å². The van der Waals surface area contributed by atoms with Crippen molar-refractivity contribution >= 4 is 33.0 Å². The maximum Gasteiger partial charge on any atom is 0.236 e. The number of sulfonamides is 1. The molecular weight excluding hydrogens is 540 g/mol. The van der Waals surface area contributed by atoms with E-state index in [4.69, 9.17) is 10.5 Å². The zero-order chi connectivity index (χ0) is 29.0. The van der Waals surface area contributed by atoms with Crippen LogP contribution in [0.1, 0.15) is 11.7 Å². The minimum Gasteiger partial charge on any atom is -0.495 e. The Hall–Kier alpha value is -4.10. The Morgan fingerprint density at radius 3 is 2.39 bits per heavy atom. The molecule has 12 heteroatoms. The summed E-state index contributed by atoms with van der Waals surface area (Å²) in [4.78, 5) is 17.6. The van der Waals surface area contributed by atoms with Crippen molar-refractivity contribution in [3.63, 3.8) is 0 Å².